The molecule has 2 bridgehead atoms. The first-order chi connectivity index (χ1) is 9.72. The second-order valence-electron chi connectivity index (χ2n) is 5.87. The van der Waals surface area contributed by atoms with Gasteiger partial charge in [-0.1, -0.05) is 18.2 Å². The zero-order valence-corrected chi connectivity index (χ0v) is 11.9. The van der Waals surface area contributed by atoms with Crippen LogP contribution in [0.3, 0.4) is 0 Å². The van der Waals surface area contributed by atoms with Gasteiger partial charge in [0, 0.05) is 25.2 Å². The van der Waals surface area contributed by atoms with Crippen LogP contribution in [-0.4, -0.2) is 42.6 Å². The molecular weight excluding hydrogens is 252 g/mol. The predicted octanol–water partition coefficient (Wildman–Crippen LogP) is 1.81. The fourth-order valence-electron chi connectivity index (χ4n) is 3.31. The van der Waals surface area contributed by atoms with Crippen molar-refractivity contribution in [2.24, 2.45) is 0 Å². The number of hydrogen-bond donors (Lipinski definition) is 1. The molecule has 4 nitrogen and oxygen atoms in total. The van der Waals surface area contributed by atoms with Gasteiger partial charge in [0.15, 0.2) is 6.61 Å². The van der Waals surface area contributed by atoms with E-state index in [4.69, 9.17) is 4.74 Å². The van der Waals surface area contributed by atoms with Gasteiger partial charge in [0.25, 0.3) is 5.91 Å². The molecule has 1 amide bonds. The first-order valence-corrected chi connectivity index (χ1v) is 7.42. The molecule has 0 aromatic heterocycles. The number of hydrogen-bond acceptors (Lipinski definition) is 3. The fourth-order valence-corrected chi connectivity index (χ4v) is 3.31. The minimum Gasteiger partial charge on any atom is -0.484 e. The van der Waals surface area contributed by atoms with E-state index in [1.165, 1.54) is 12.8 Å². The van der Waals surface area contributed by atoms with E-state index in [1.54, 1.807) is 0 Å². The third kappa shape index (κ3) is 2.96. The summed E-state index contributed by atoms with van der Waals surface area (Å²) in [4.78, 5) is 14.1. The average molecular weight is 274 g/mol. The van der Waals surface area contributed by atoms with Gasteiger partial charge in [-0.3, -0.25) is 4.79 Å². The number of carbonyl (C=O) groups is 1. The highest BCUT2D eigenvalue weighted by Crippen LogP contribution is 2.29. The van der Waals surface area contributed by atoms with Crippen molar-refractivity contribution in [1.82, 2.24) is 10.2 Å². The molecule has 2 atom stereocenters. The van der Waals surface area contributed by atoms with Gasteiger partial charge in [-0.2, -0.15) is 0 Å². The maximum absolute atomic E-state index is 12.2. The van der Waals surface area contributed by atoms with Crippen LogP contribution in [0.15, 0.2) is 30.3 Å². The first-order valence-electron chi connectivity index (χ1n) is 7.42. The minimum absolute atomic E-state index is 0.0696. The Morgan fingerprint density at radius 1 is 1.25 bits per heavy atom. The Kier molecular flexibility index (Phi) is 3.92. The Balaban J connectivity index is 1.52. The molecule has 2 unspecified atom stereocenters. The lowest BCUT2D eigenvalue weighted by Gasteiger charge is -2.35. The Labute approximate surface area is 120 Å². The summed E-state index contributed by atoms with van der Waals surface area (Å²) in [6.07, 6.45) is 4.65. The molecule has 2 fully saturated rings. The number of nitrogens with one attached hydrogen (secondary N) is 1. The summed E-state index contributed by atoms with van der Waals surface area (Å²) >= 11 is 0. The predicted molar refractivity (Wildman–Crippen MR) is 77.7 cm³/mol. The van der Waals surface area contributed by atoms with Gasteiger partial charge < -0.3 is 15.0 Å². The largest absolute Gasteiger partial charge is 0.484 e. The van der Waals surface area contributed by atoms with Gasteiger partial charge in [-0.25, -0.2) is 0 Å². The number of carbonyl (C=O) groups excluding carboxylic acids is 1. The monoisotopic (exact) mass is 274 g/mol. The summed E-state index contributed by atoms with van der Waals surface area (Å²) in [6.45, 7) is 0.125. The highest BCUT2D eigenvalue weighted by atomic mass is 16.5. The lowest BCUT2D eigenvalue weighted by Crippen LogP contribution is -2.49. The van der Waals surface area contributed by atoms with Crippen LogP contribution in [0, 0.1) is 0 Å². The van der Waals surface area contributed by atoms with Gasteiger partial charge in [0.05, 0.1) is 0 Å². The maximum Gasteiger partial charge on any atom is 0.260 e. The number of piperidine rings is 1. The molecule has 20 heavy (non-hydrogen) atoms. The molecule has 0 spiro atoms. The second-order valence-corrected chi connectivity index (χ2v) is 5.87. The Morgan fingerprint density at radius 2 is 1.90 bits per heavy atom. The van der Waals surface area contributed by atoms with Crippen LogP contribution in [0.25, 0.3) is 0 Å². The molecule has 2 aliphatic rings. The van der Waals surface area contributed by atoms with Crippen LogP contribution in [-0.2, 0) is 4.79 Å². The molecule has 0 saturated carbocycles. The number of nitrogens with zero attached hydrogens (tertiary/aromatic N) is 1. The second kappa shape index (κ2) is 5.83. The van der Waals surface area contributed by atoms with E-state index in [2.05, 4.69) is 5.32 Å². The Bertz CT molecular complexity index is 451. The molecular formula is C16H22N2O2. The maximum atomic E-state index is 12.2. The third-order valence-electron chi connectivity index (χ3n) is 4.49. The molecule has 1 aromatic carbocycles. The lowest BCUT2D eigenvalue weighted by molar-refractivity contribution is -0.134. The number of rotatable bonds is 4. The van der Waals surface area contributed by atoms with Crippen LogP contribution in [0.5, 0.6) is 5.75 Å². The summed E-state index contributed by atoms with van der Waals surface area (Å²) in [6, 6.07) is 11.1. The van der Waals surface area contributed by atoms with Crippen molar-refractivity contribution in [3.05, 3.63) is 30.3 Å². The van der Waals surface area contributed by atoms with Crippen LogP contribution in [0.1, 0.15) is 25.7 Å². The first kappa shape index (κ1) is 13.4. The lowest BCUT2D eigenvalue weighted by atomic mass is 9.98. The van der Waals surface area contributed by atoms with Crippen LogP contribution in [0.2, 0.25) is 0 Å². The number of para-hydroxylation sites is 1. The summed E-state index contributed by atoms with van der Waals surface area (Å²) in [5.41, 5.74) is 0. The number of benzene rings is 1. The molecule has 2 saturated heterocycles. The van der Waals surface area contributed by atoms with Gasteiger partial charge in [0.1, 0.15) is 5.75 Å². The topological polar surface area (TPSA) is 41.6 Å². The average Bonchev–Trinajstić information content (AvgIpc) is 2.83. The van der Waals surface area contributed by atoms with E-state index in [-0.39, 0.29) is 12.5 Å². The number of fused-ring (bicyclic) bond motifs is 2. The van der Waals surface area contributed by atoms with Crippen molar-refractivity contribution >= 4 is 5.91 Å². The molecule has 2 aliphatic heterocycles. The van der Waals surface area contributed by atoms with Gasteiger partial charge >= 0.3 is 0 Å². The third-order valence-corrected chi connectivity index (χ3v) is 4.49. The van der Waals surface area contributed by atoms with Gasteiger partial charge in [-0.15, -0.1) is 0 Å². The van der Waals surface area contributed by atoms with Gasteiger partial charge in [0.2, 0.25) is 0 Å². The molecule has 4 heteroatoms. The Morgan fingerprint density at radius 3 is 2.55 bits per heavy atom. The summed E-state index contributed by atoms with van der Waals surface area (Å²) in [7, 11) is 1.91. The highest BCUT2D eigenvalue weighted by Gasteiger charge is 2.36. The van der Waals surface area contributed by atoms with Crippen molar-refractivity contribution < 1.29 is 9.53 Å². The van der Waals surface area contributed by atoms with Crippen molar-refractivity contribution in [2.75, 3.05) is 13.7 Å². The number of ether oxygens (including phenoxy) is 1. The molecule has 1 N–H and O–H groups in total. The molecule has 1 aromatic rings. The summed E-state index contributed by atoms with van der Waals surface area (Å²) in [5, 5.41) is 3.60. The standard InChI is InChI=1S/C16H22N2O2/c1-18(14-9-12-7-8-13(10-14)17-12)16(19)11-20-15-5-3-2-4-6-15/h2-6,12-14,17H,7-11H2,1H3. The summed E-state index contributed by atoms with van der Waals surface area (Å²) in [5.74, 6) is 0.819. The molecule has 0 radical (unpaired) electrons. The fraction of sp³-hybridized carbons (Fsp3) is 0.562. The summed E-state index contributed by atoms with van der Waals surface area (Å²) < 4.78 is 5.54. The van der Waals surface area contributed by atoms with Crippen LogP contribution in [0.4, 0.5) is 0 Å². The van der Waals surface area contributed by atoms with E-state index in [1.807, 2.05) is 42.3 Å². The molecule has 3 rings (SSSR count). The zero-order valence-electron chi connectivity index (χ0n) is 11.9. The van der Waals surface area contributed by atoms with Crippen LogP contribution < -0.4 is 10.1 Å². The van der Waals surface area contributed by atoms with Crippen molar-refractivity contribution in [3.8, 4) is 5.75 Å². The van der Waals surface area contributed by atoms with Crippen molar-refractivity contribution in [3.63, 3.8) is 0 Å². The van der Waals surface area contributed by atoms with E-state index < -0.39 is 0 Å². The van der Waals surface area contributed by atoms with E-state index in [0.717, 1.165) is 18.6 Å². The quantitative estimate of drug-likeness (QED) is 0.910. The van der Waals surface area contributed by atoms with E-state index in [9.17, 15) is 4.79 Å². The zero-order chi connectivity index (χ0) is 13.9. The Hall–Kier alpha value is -1.55. The molecule has 108 valence electrons. The normalized spacial score (nSPS) is 28.1. The van der Waals surface area contributed by atoms with Gasteiger partial charge in [-0.05, 0) is 37.8 Å². The van der Waals surface area contributed by atoms with Crippen molar-refractivity contribution in [2.45, 2.75) is 43.8 Å². The van der Waals surface area contributed by atoms with Crippen molar-refractivity contribution in [1.29, 1.82) is 0 Å². The smallest absolute Gasteiger partial charge is 0.260 e. The number of likely N-dealkylation sites (N-methyl/N-ethyl adjacent to an activating group) is 1. The SMILES string of the molecule is CN(C(=O)COc1ccccc1)C1CC2CCC(C1)N2. The van der Waals surface area contributed by atoms with E-state index in [0.29, 0.717) is 18.1 Å². The van der Waals surface area contributed by atoms with E-state index >= 15 is 0 Å². The van der Waals surface area contributed by atoms with Crippen LogP contribution >= 0.6 is 0 Å². The molecule has 0 aliphatic carbocycles. The number of amides is 1. The highest BCUT2D eigenvalue weighted by molar-refractivity contribution is 5.77. The minimum atomic E-state index is 0.0696. The molecule has 2 heterocycles.